The van der Waals surface area contributed by atoms with Crippen LogP contribution in [0.2, 0.25) is 0 Å². The summed E-state index contributed by atoms with van der Waals surface area (Å²) in [6, 6.07) is 0.223. The Bertz CT molecular complexity index is 298. The van der Waals surface area contributed by atoms with Crippen LogP contribution in [0.1, 0.15) is 46.5 Å². The van der Waals surface area contributed by atoms with Crippen molar-refractivity contribution in [3.8, 4) is 0 Å². The van der Waals surface area contributed by atoms with Gasteiger partial charge in [-0.3, -0.25) is 0 Å². The highest BCUT2D eigenvalue weighted by Crippen LogP contribution is 2.28. The summed E-state index contributed by atoms with van der Waals surface area (Å²) >= 11 is 0. The summed E-state index contributed by atoms with van der Waals surface area (Å²) < 4.78 is 25.5. The van der Waals surface area contributed by atoms with Crippen molar-refractivity contribution in [2.75, 3.05) is 7.05 Å². The van der Waals surface area contributed by atoms with E-state index in [1.807, 2.05) is 0 Å². The van der Waals surface area contributed by atoms with Crippen LogP contribution in [-0.2, 0) is 10.0 Å². The number of hydrogen-bond acceptors (Lipinski definition) is 2. The van der Waals surface area contributed by atoms with Gasteiger partial charge in [-0.1, -0.05) is 19.8 Å². The summed E-state index contributed by atoms with van der Waals surface area (Å²) in [5, 5.41) is -0.306. The highest BCUT2D eigenvalue weighted by molar-refractivity contribution is 7.89. The van der Waals surface area contributed by atoms with Gasteiger partial charge >= 0.3 is 0 Å². The third kappa shape index (κ3) is 2.94. The minimum atomic E-state index is -3.07. The van der Waals surface area contributed by atoms with Crippen molar-refractivity contribution in [3.05, 3.63) is 0 Å². The third-order valence-electron chi connectivity index (χ3n) is 3.42. The van der Waals surface area contributed by atoms with Gasteiger partial charge in [-0.2, -0.15) is 0 Å². The molecule has 0 aromatic heterocycles. The van der Waals surface area contributed by atoms with Crippen LogP contribution < -0.4 is 0 Å². The molecule has 0 saturated heterocycles. The van der Waals surface area contributed by atoms with E-state index in [1.165, 1.54) is 6.42 Å². The van der Waals surface area contributed by atoms with E-state index in [9.17, 15) is 8.42 Å². The van der Waals surface area contributed by atoms with Gasteiger partial charge in [0, 0.05) is 13.1 Å². The summed E-state index contributed by atoms with van der Waals surface area (Å²) in [7, 11) is -1.33. The molecule has 1 aliphatic carbocycles. The molecule has 1 rings (SSSR count). The van der Waals surface area contributed by atoms with Crippen LogP contribution in [0.25, 0.3) is 0 Å². The van der Waals surface area contributed by atoms with E-state index in [1.54, 1.807) is 25.2 Å². The van der Waals surface area contributed by atoms with E-state index in [4.69, 9.17) is 0 Å². The molecule has 1 saturated carbocycles. The molecule has 15 heavy (non-hydrogen) atoms. The smallest absolute Gasteiger partial charge is 0.212 e. The van der Waals surface area contributed by atoms with E-state index in [-0.39, 0.29) is 11.3 Å². The van der Waals surface area contributed by atoms with Gasteiger partial charge in [-0.15, -0.1) is 0 Å². The maximum absolute atomic E-state index is 12.0. The molecule has 0 aromatic carbocycles. The standard InChI is InChI=1S/C11H23NO2S/c1-9(2)15(13,14)12(4)11-7-5-6-10(3)8-11/h9-11H,5-8H2,1-4H3. The van der Waals surface area contributed by atoms with Crippen molar-refractivity contribution in [2.45, 2.75) is 57.7 Å². The molecule has 90 valence electrons. The lowest BCUT2D eigenvalue weighted by molar-refractivity contribution is 0.238. The first-order valence-corrected chi connectivity index (χ1v) is 7.33. The number of hydrogen-bond donors (Lipinski definition) is 0. The summed E-state index contributed by atoms with van der Waals surface area (Å²) in [6.45, 7) is 5.71. The summed E-state index contributed by atoms with van der Waals surface area (Å²) in [4.78, 5) is 0. The number of sulfonamides is 1. The van der Waals surface area contributed by atoms with Crippen LogP contribution in [0.4, 0.5) is 0 Å². The van der Waals surface area contributed by atoms with Crippen LogP contribution in [0.5, 0.6) is 0 Å². The molecule has 0 aromatic rings. The Kier molecular flexibility index (Phi) is 4.18. The van der Waals surface area contributed by atoms with E-state index >= 15 is 0 Å². The summed E-state index contributed by atoms with van der Waals surface area (Å²) in [5.74, 6) is 0.661. The molecule has 2 atom stereocenters. The van der Waals surface area contributed by atoms with Crippen LogP contribution >= 0.6 is 0 Å². The monoisotopic (exact) mass is 233 g/mol. The second kappa shape index (κ2) is 4.83. The summed E-state index contributed by atoms with van der Waals surface area (Å²) in [5.41, 5.74) is 0. The molecule has 1 fully saturated rings. The molecule has 0 spiro atoms. The lowest BCUT2D eigenvalue weighted by Gasteiger charge is -2.34. The van der Waals surface area contributed by atoms with Crippen molar-refractivity contribution < 1.29 is 8.42 Å². The van der Waals surface area contributed by atoms with Gasteiger partial charge in [-0.05, 0) is 32.6 Å². The Morgan fingerprint density at radius 1 is 1.27 bits per heavy atom. The van der Waals surface area contributed by atoms with Crippen LogP contribution in [-0.4, -0.2) is 31.1 Å². The van der Waals surface area contributed by atoms with Crippen molar-refractivity contribution >= 4 is 10.0 Å². The molecular formula is C11H23NO2S. The first kappa shape index (κ1) is 13.0. The first-order chi connectivity index (χ1) is 6.85. The van der Waals surface area contributed by atoms with E-state index in [2.05, 4.69) is 6.92 Å². The Labute approximate surface area is 93.9 Å². The third-order valence-corrected chi connectivity index (χ3v) is 5.71. The predicted molar refractivity (Wildman–Crippen MR) is 63.2 cm³/mol. The highest BCUT2D eigenvalue weighted by Gasteiger charge is 2.31. The van der Waals surface area contributed by atoms with Gasteiger partial charge in [0.25, 0.3) is 0 Å². The van der Waals surface area contributed by atoms with Crippen LogP contribution in [0.15, 0.2) is 0 Å². The minimum Gasteiger partial charge on any atom is -0.212 e. The van der Waals surface area contributed by atoms with E-state index < -0.39 is 10.0 Å². The average molecular weight is 233 g/mol. The lowest BCUT2D eigenvalue weighted by Crippen LogP contribution is -2.42. The topological polar surface area (TPSA) is 37.4 Å². The Morgan fingerprint density at radius 2 is 1.87 bits per heavy atom. The van der Waals surface area contributed by atoms with E-state index in [0.29, 0.717) is 5.92 Å². The van der Waals surface area contributed by atoms with Gasteiger partial charge < -0.3 is 0 Å². The molecule has 0 heterocycles. The Hall–Kier alpha value is -0.0900. The molecule has 2 unspecified atom stereocenters. The SMILES string of the molecule is CC1CCCC(N(C)S(=O)(=O)C(C)C)C1. The normalized spacial score (nSPS) is 28.7. The minimum absolute atomic E-state index is 0.223. The molecule has 4 heteroatoms. The van der Waals surface area contributed by atoms with Gasteiger partial charge in [0.05, 0.1) is 5.25 Å². The van der Waals surface area contributed by atoms with Crippen LogP contribution in [0.3, 0.4) is 0 Å². The maximum atomic E-state index is 12.0. The molecule has 0 amide bonds. The maximum Gasteiger partial charge on any atom is 0.216 e. The molecule has 3 nitrogen and oxygen atoms in total. The molecule has 0 bridgehead atoms. The lowest BCUT2D eigenvalue weighted by atomic mass is 9.87. The van der Waals surface area contributed by atoms with Gasteiger partial charge in [0.15, 0.2) is 0 Å². The van der Waals surface area contributed by atoms with E-state index in [0.717, 1.165) is 19.3 Å². The fourth-order valence-electron chi connectivity index (χ4n) is 2.27. The molecule has 0 aliphatic heterocycles. The highest BCUT2D eigenvalue weighted by atomic mass is 32.2. The fraction of sp³-hybridized carbons (Fsp3) is 1.00. The van der Waals surface area contributed by atoms with Crippen molar-refractivity contribution in [1.82, 2.24) is 4.31 Å². The molecule has 0 radical (unpaired) electrons. The fourth-order valence-corrected chi connectivity index (χ4v) is 3.54. The number of nitrogens with zero attached hydrogens (tertiary/aromatic N) is 1. The van der Waals surface area contributed by atoms with Gasteiger partial charge in [0.2, 0.25) is 10.0 Å². The quantitative estimate of drug-likeness (QED) is 0.749. The predicted octanol–water partition coefficient (Wildman–Crippen LogP) is 2.24. The van der Waals surface area contributed by atoms with Crippen LogP contribution in [0, 0.1) is 5.92 Å². The molecular weight excluding hydrogens is 210 g/mol. The Morgan fingerprint density at radius 3 is 2.33 bits per heavy atom. The zero-order chi connectivity index (χ0) is 11.6. The second-order valence-corrected chi connectivity index (χ2v) is 7.58. The second-order valence-electron chi connectivity index (χ2n) is 5.04. The summed E-state index contributed by atoms with van der Waals surface area (Å²) in [6.07, 6.45) is 4.44. The Balaban J connectivity index is 2.71. The van der Waals surface area contributed by atoms with Crippen molar-refractivity contribution in [1.29, 1.82) is 0 Å². The molecule has 1 aliphatic rings. The zero-order valence-electron chi connectivity index (χ0n) is 10.2. The first-order valence-electron chi connectivity index (χ1n) is 5.82. The van der Waals surface area contributed by atoms with Crippen molar-refractivity contribution in [3.63, 3.8) is 0 Å². The zero-order valence-corrected chi connectivity index (χ0v) is 11.0. The number of rotatable bonds is 3. The average Bonchev–Trinajstić information content (AvgIpc) is 2.16. The molecule has 0 N–H and O–H groups in total. The van der Waals surface area contributed by atoms with Crippen molar-refractivity contribution in [2.24, 2.45) is 5.92 Å². The van der Waals surface area contributed by atoms with Gasteiger partial charge in [-0.25, -0.2) is 12.7 Å². The van der Waals surface area contributed by atoms with Gasteiger partial charge in [0.1, 0.15) is 0 Å². The largest absolute Gasteiger partial charge is 0.216 e.